The molecule has 0 unspecified atom stereocenters. The molecule has 174 valence electrons. The molecule has 1 heterocycles. The Morgan fingerprint density at radius 3 is 2.47 bits per heavy atom. The second-order valence-electron chi connectivity index (χ2n) is 6.91. The first-order chi connectivity index (χ1) is 16.5. The summed E-state index contributed by atoms with van der Waals surface area (Å²) in [6.07, 6.45) is 1.45. The third-order valence-electron chi connectivity index (χ3n) is 4.68. The third-order valence-corrected chi connectivity index (χ3v) is 5.78. The van der Waals surface area contributed by atoms with Crippen LogP contribution in [0.15, 0.2) is 60.2 Å². The summed E-state index contributed by atoms with van der Waals surface area (Å²) in [6, 6.07) is 18.2. The molecule has 0 spiro atoms. The van der Waals surface area contributed by atoms with Gasteiger partial charge in [-0.15, -0.1) is 11.3 Å². The van der Waals surface area contributed by atoms with Crippen molar-refractivity contribution in [3.05, 3.63) is 71.3 Å². The molecule has 0 saturated heterocycles. The molecule has 1 N–H and O–H groups in total. The number of anilines is 1. The Morgan fingerprint density at radius 1 is 1.06 bits per heavy atom. The van der Waals surface area contributed by atoms with Gasteiger partial charge in [0, 0.05) is 4.88 Å². The van der Waals surface area contributed by atoms with Gasteiger partial charge in [0.2, 0.25) is 0 Å². The molecule has 1 amide bonds. The highest BCUT2D eigenvalue weighted by atomic mass is 32.1. The molecule has 0 atom stereocenters. The minimum Gasteiger partial charge on any atom is -0.493 e. The number of nitriles is 1. The van der Waals surface area contributed by atoms with Gasteiger partial charge < -0.3 is 19.5 Å². The zero-order valence-electron chi connectivity index (χ0n) is 19.1. The van der Waals surface area contributed by atoms with Crippen LogP contribution in [0.3, 0.4) is 0 Å². The van der Waals surface area contributed by atoms with E-state index in [-0.39, 0.29) is 17.7 Å². The topological polar surface area (TPSA) is 97.7 Å². The molecular weight excluding hydrogens is 452 g/mol. The van der Waals surface area contributed by atoms with Gasteiger partial charge >= 0.3 is 5.97 Å². The quantitative estimate of drug-likeness (QED) is 0.247. The van der Waals surface area contributed by atoms with Crippen LogP contribution in [0.1, 0.15) is 29.8 Å². The number of carbonyl (C=O) groups is 2. The van der Waals surface area contributed by atoms with Gasteiger partial charge in [-0.05, 0) is 49.2 Å². The Hall–Kier alpha value is -4.09. The first-order valence-corrected chi connectivity index (χ1v) is 11.4. The van der Waals surface area contributed by atoms with E-state index in [1.807, 2.05) is 43.3 Å². The Morgan fingerprint density at radius 2 is 1.82 bits per heavy atom. The van der Waals surface area contributed by atoms with Crippen molar-refractivity contribution in [2.45, 2.75) is 13.8 Å². The van der Waals surface area contributed by atoms with E-state index in [0.717, 1.165) is 10.4 Å². The lowest BCUT2D eigenvalue weighted by molar-refractivity contribution is -0.112. The number of hydrogen-bond acceptors (Lipinski definition) is 7. The smallest absolute Gasteiger partial charge is 0.341 e. The van der Waals surface area contributed by atoms with Gasteiger partial charge in [0.25, 0.3) is 5.91 Å². The second-order valence-corrected chi connectivity index (χ2v) is 7.96. The van der Waals surface area contributed by atoms with E-state index in [9.17, 15) is 14.9 Å². The van der Waals surface area contributed by atoms with Crippen LogP contribution in [0, 0.1) is 11.3 Å². The highest BCUT2D eigenvalue weighted by molar-refractivity contribution is 7.20. The monoisotopic (exact) mass is 476 g/mol. The fourth-order valence-electron chi connectivity index (χ4n) is 3.12. The van der Waals surface area contributed by atoms with Crippen molar-refractivity contribution in [1.82, 2.24) is 0 Å². The number of carbonyl (C=O) groups excluding carboxylic acids is 2. The number of thiophene rings is 1. The van der Waals surface area contributed by atoms with Gasteiger partial charge in [-0.2, -0.15) is 5.26 Å². The minimum atomic E-state index is -0.637. The highest BCUT2D eigenvalue weighted by Gasteiger charge is 2.21. The number of amides is 1. The maximum Gasteiger partial charge on any atom is 0.341 e. The van der Waals surface area contributed by atoms with Crippen molar-refractivity contribution in [3.8, 4) is 28.0 Å². The molecule has 34 heavy (non-hydrogen) atoms. The molecule has 2 aromatic carbocycles. The largest absolute Gasteiger partial charge is 0.493 e. The Labute approximate surface area is 202 Å². The minimum absolute atomic E-state index is 0.129. The number of rotatable bonds is 9. The lowest BCUT2D eigenvalue weighted by atomic mass is 10.1. The molecule has 1 aromatic heterocycles. The first-order valence-electron chi connectivity index (χ1n) is 10.6. The van der Waals surface area contributed by atoms with Crippen LogP contribution in [0.2, 0.25) is 0 Å². The number of benzene rings is 2. The van der Waals surface area contributed by atoms with Gasteiger partial charge in [-0.1, -0.05) is 36.4 Å². The maximum absolute atomic E-state index is 12.9. The van der Waals surface area contributed by atoms with E-state index in [0.29, 0.717) is 28.7 Å². The molecular formula is C26H24N2O5S. The molecule has 0 aliphatic heterocycles. The van der Waals surface area contributed by atoms with E-state index in [2.05, 4.69) is 5.32 Å². The van der Waals surface area contributed by atoms with Crippen LogP contribution in [0.5, 0.6) is 11.5 Å². The predicted octanol–water partition coefficient (Wildman–Crippen LogP) is 5.54. The third kappa shape index (κ3) is 5.82. The van der Waals surface area contributed by atoms with Gasteiger partial charge in [0.1, 0.15) is 16.6 Å². The predicted molar refractivity (Wildman–Crippen MR) is 132 cm³/mol. The Balaban J connectivity index is 1.92. The van der Waals surface area contributed by atoms with Crippen LogP contribution in [0.25, 0.3) is 16.5 Å². The zero-order chi connectivity index (χ0) is 24.5. The molecule has 7 nitrogen and oxygen atoms in total. The van der Waals surface area contributed by atoms with Crippen molar-refractivity contribution >= 4 is 34.3 Å². The van der Waals surface area contributed by atoms with Crippen molar-refractivity contribution in [2.75, 3.05) is 25.6 Å². The fourth-order valence-corrected chi connectivity index (χ4v) is 4.17. The van der Waals surface area contributed by atoms with Gasteiger partial charge in [-0.25, -0.2) is 4.79 Å². The normalized spacial score (nSPS) is 10.8. The van der Waals surface area contributed by atoms with Crippen LogP contribution in [-0.4, -0.2) is 32.2 Å². The number of nitrogens with zero attached hydrogens (tertiary/aromatic N) is 1. The molecule has 3 aromatic rings. The first kappa shape index (κ1) is 24.6. The van der Waals surface area contributed by atoms with Crippen LogP contribution in [-0.2, 0) is 9.53 Å². The van der Waals surface area contributed by atoms with Gasteiger partial charge in [0.05, 0.1) is 25.9 Å². The lowest BCUT2D eigenvalue weighted by Gasteiger charge is -2.10. The molecule has 0 fully saturated rings. The molecule has 0 aliphatic rings. The average molecular weight is 477 g/mol. The summed E-state index contributed by atoms with van der Waals surface area (Å²) in [5.41, 5.74) is 1.60. The van der Waals surface area contributed by atoms with Crippen LogP contribution in [0.4, 0.5) is 5.00 Å². The van der Waals surface area contributed by atoms with E-state index < -0.39 is 11.9 Å². The lowest BCUT2D eigenvalue weighted by Crippen LogP contribution is -2.15. The maximum atomic E-state index is 12.9. The SMILES string of the molecule is CCOC(=O)c1cc(-c2ccccc2)sc1NC(=O)/C(C#N)=C/c1ccc(OCC)c(OC)c1. The highest BCUT2D eigenvalue weighted by Crippen LogP contribution is 2.36. The van der Waals surface area contributed by atoms with Crippen molar-refractivity contribution in [3.63, 3.8) is 0 Å². The van der Waals surface area contributed by atoms with Gasteiger partial charge in [-0.3, -0.25) is 4.79 Å². The summed E-state index contributed by atoms with van der Waals surface area (Å²) in [6.45, 7) is 4.25. The molecule has 0 saturated carbocycles. The van der Waals surface area contributed by atoms with Crippen molar-refractivity contribution in [2.24, 2.45) is 0 Å². The summed E-state index contributed by atoms with van der Waals surface area (Å²) in [5.74, 6) is -0.128. The standard InChI is InChI=1S/C26H24N2O5S/c1-4-32-21-12-11-17(14-22(21)31-3)13-19(16-27)24(29)28-25-20(26(30)33-5-2)15-23(34-25)18-9-7-6-8-10-18/h6-15H,4-5H2,1-3H3,(H,28,29)/b19-13+. The molecule has 8 heteroatoms. The van der Waals surface area contributed by atoms with Crippen molar-refractivity contribution < 1.29 is 23.8 Å². The number of esters is 1. The average Bonchev–Trinajstić information content (AvgIpc) is 3.28. The van der Waals surface area contributed by atoms with Crippen molar-refractivity contribution in [1.29, 1.82) is 5.26 Å². The second kappa shape index (κ2) is 11.7. The molecule has 0 radical (unpaired) electrons. The summed E-state index contributed by atoms with van der Waals surface area (Å²) in [5, 5.41) is 12.6. The number of nitrogens with one attached hydrogen (secondary N) is 1. The van der Waals surface area contributed by atoms with Gasteiger partial charge in [0.15, 0.2) is 11.5 Å². The van der Waals surface area contributed by atoms with E-state index >= 15 is 0 Å². The van der Waals surface area contributed by atoms with Crippen LogP contribution < -0.4 is 14.8 Å². The Bertz CT molecular complexity index is 1240. The molecule has 3 rings (SSSR count). The van der Waals surface area contributed by atoms with Crippen LogP contribution >= 0.6 is 11.3 Å². The number of methoxy groups -OCH3 is 1. The van der Waals surface area contributed by atoms with E-state index in [4.69, 9.17) is 14.2 Å². The van der Waals surface area contributed by atoms with E-state index in [1.54, 1.807) is 31.2 Å². The fraction of sp³-hybridized carbons (Fsp3) is 0.192. The summed E-state index contributed by atoms with van der Waals surface area (Å²) in [7, 11) is 1.52. The molecule has 0 bridgehead atoms. The number of ether oxygens (including phenoxy) is 3. The number of hydrogen-bond donors (Lipinski definition) is 1. The summed E-state index contributed by atoms with van der Waals surface area (Å²) in [4.78, 5) is 26.2. The summed E-state index contributed by atoms with van der Waals surface area (Å²) < 4.78 is 16.0. The Kier molecular flexibility index (Phi) is 8.43. The zero-order valence-corrected chi connectivity index (χ0v) is 19.9. The summed E-state index contributed by atoms with van der Waals surface area (Å²) >= 11 is 1.24. The van der Waals surface area contributed by atoms with E-state index in [1.165, 1.54) is 24.5 Å². The molecule has 0 aliphatic carbocycles.